The third-order valence-electron chi connectivity index (χ3n) is 4.53. The van der Waals surface area contributed by atoms with Crippen molar-refractivity contribution >= 4 is 5.96 Å². The zero-order valence-electron chi connectivity index (χ0n) is 16.5. The molecule has 0 bridgehead atoms. The van der Waals surface area contributed by atoms with E-state index in [1.807, 2.05) is 11.9 Å². The third-order valence-corrected chi connectivity index (χ3v) is 4.53. The van der Waals surface area contributed by atoms with Gasteiger partial charge in [-0.3, -0.25) is 4.99 Å². The predicted molar refractivity (Wildman–Crippen MR) is 105 cm³/mol. The molecule has 0 atom stereocenters. The zero-order valence-corrected chi connectivity index (χ0v) is 16.5. The van der Waals surface area contributed by atoms with Gasteiger partial charge in [0.2, 0.25) is 0 Å². The third kappa shape index (κ3) is 8.58. The highest BCUT2D eigenvalue weighted by molar-refractivity contribution is 5.79. The molecule has 152 valence electrons. The molecule has 0 aliphatic carbocycles. The highest BCUT2D eigenvalue weighted by Crippen LogP contribution is 2.14. The van der Waals surface area contributed by atoms with Crippen LogP contribution in [0.15, 0.2) is 29.3 Å². The van der Waals surface area contributed by atoms with E-state index < -0.39 is 0 Å². The minimum absolute atomic E-state index is 0.263. The van der Waals surface area contributed by atoms with Crippen LogP contribution in [0, 0.1) is 11.7 Å². The van der Waals surface area contributed by atoms with Gasteiger partial charge in [-0.15, -0.1) is 0 Å². The first-order chi connectivity index (χ1) is 13.2. The van der Waals surface area contributed by atoms with Crippen LogP contribution in [0.4, 0.5) is 4.39 Å². The summed E-state index contributed by atoms with van der Waals surface area (Å²) in [6, 6.07) is 6.04. The molecule has 1 heterocycles. The van der Waals surface area contributed by atoms with Crippen LogP contribution in [0.5, 0.6) is 5.75 Å². The van der Waals surface area contributed by atoms with Crippen LogP contribution < -0.4 is 10.1 Å². The number of nitrogens with one attached hydrogen (secondary N) is 1. The number of guanidine groups is 1. The Kier molecular flexibility index (Phi) is 9.94. The van der Waals surface area contributed by atoms with Crippen molar-refractivity contribution in [3.05, 3.63) is 30.1 Å². The normalized spacial score (nSPS) is 15.6. The zero-order chi connectivity index (χ0) is 19.3. The Labute approximate surface area is 161 Å². The minimum Gasteiger partial charge on any atom is -0.492 e. The molecule has 0 spiro atoms. The summed E-state index contributed by atoms with van der Waals surface area (Å²) in [6.07, 6.45) is 3.15. The van der Waals surface area contributed by atoms with E-state index in [2.05, 4.69) is 10.3 Å². The van der Waals surface area contributed by atoms with Gasteiger partial charge in [0.25, 0.3) is 0 Å². The van der Waals surface area contributed by atoms with Crippen molar-refractivity contribution in [1.29, 1.82) is 0 Å². The van der Waals surface area contributed by atoms with Crippen LogP contribution in [-0.4, -0.2) is 71.1 Å². The van der Waals surface area contributed by atoms with Crippen molar-refractivity contribution in [3.8, 4) is 5.75 Å². The first-order valence-corrected chi connectivity index (χ1v) is 9.64. The largest absolute Gasteiger partial charge is 0.492 e. The van der Waals surface area contributed by atoms with E-state index >= 15 is 0 Å². The molecule has 0 unspecified atom stereocenters. The van der Waals surface area contributed by atoms with E-state index in [-0.39, 0.29) is 5.82 Å². The number of ether oxygens (including phenoxy) is 3. The monoisotopic (exact) mass is 381 g/mol. The Hall–Kier alpha value is -1.86. The van der Waals surface area contributed by atoms with Crippen LogP contribution in [0.1, 0.15) is 19.3 Å². The van der Waals surface area contributed by atoms with Gasteiger partial charge < -0.3 is 24.4 Å². The van der Waals surface area contributed by atoms with Gasteiger partial charge in [-0.1, -0.05) is 0 Å². The quantitative estimate of drug-likeness (QED) is 0.383. The van der Waals surface area contributed by atoms with E-state index in [9.17, 15) is 4.39 Å². The molecule has 1 aromatic rings. The average Bonchev–Trinajstić information content (AvgIpc) is 2.69. The van der Waals surface area contributed by atoms with Crippen molar-refractivity contribution in [2.24, 2.45) is 10.9 Å². The fourth-order valence-electron chi connectivity index (χ4n) is 2.86. The Morgan fingerprint density at radius 3 is 2.70 bits per heavy atom. The second-order valence-electron chi connectivity index (χ2n) is 6.68. The molecule has 0 amide bonds. The maximum Gasteiger partial charge on any atom is 0.193 e. The number of nitrogens with zero attached hydrogens (tertiary/aromatic N) is 2. The predicted octanol–water partition coefficient (Wildman–Crippen LogP) is 2.54. The molecule has 1 fully saturated rings. The first-order valence-electron chi connectivity index (χ1n) is 9.64. The fourth-order valence-corrected chi connectivity index (χ4v) is 2.86. The smallest absolute Gasteiger partial charge is 0.193 e. The van der Waals surface area contributed by atoms with Gasteiger partial charge in [0, 0.05) is 47.1 Å². The number of hydrogen-bond acceptors (Lipinski definition) is 4. The molecule has 0 aromatic heterocycles. The van der Waals surface area contributed by atoms with Gasteiger partial charge in [0.15, 0.2) is 5.96 Å². The maximum absolute atomic E-state index is 12.9. The van der Waals surface area contributed by atoms with Crippen molar-refractivity contribution < 1.29 is 18.6 Å². The van der Waals surface area contributed by atoms with Crippen LogP contribution in [0.2, 0.25) is 0 Å². The molecular weight excluding hydrogens is 349 g/mol. The number of benzene rings is 1. The number of likely N-dealkylation sites (N-methyl/N-ethyl adjacent to an activating group) is 1. The van der Waals surface area contributed by atoms with Crippen LogP contribution in [-0.2, 0) is 9.47 Å². The Balaban J connectivity index is 1.53. The number of halogens is 1. The molecule has 1 saturated heterocycles. The highest BCUT2D eigenvalue weighted by Gasteiger charge is 2.13. The van der Waals surface area contributed by atoms with Crippen LogP contribution >= 0.6 is 0 Å². The number of aliphatic imine (C=N–C) groups is 1. The van der Waals surface area contributed by atoms with Gasteiger partial charge in [-0.2, -0.15) is 0 Å². The summed E-state index contributed by atoms with van der Waals surface area (Å²) < 4.78 is 29.6. The SMILES string of the molecule is CN=C(NCCCOCC1CCOCC1)N(C)CCOc1ccc(F)cc1. The van der Waals surface area contributed by atoms with E-state index in [0.717, 1.165) is 58.2 Å². The first kappa shape index (κ1) is 21.4. The Morgan fingerprint density at radius 2 is 2.00 bits per heavy atom. The lowest BCUT2D eigenvalue weighted by molar-refractivity contribution is 0.0203. The van der Waals surface area contributed by atoms with Crippen molar-refractivity contribution in [3.63, 3.8) is 0 Å². The molecular formula is C20H32FN3O3. The van der Waals surface area contributed by atoms with Crippen molar-refractivity contribution in [1.82, 2.24) is 10.2 Å². The van der Waals surface area contributed by atoms with Crippen molar-refractivity contribution in [2.75, 3.05) is 60.2 Å². The van der Waals surface area contributed by atoms with Gasteiger partial charge in [-0.05, 0) is 49.4 Å². The van der Waals surface area contributed by atoms with Gasteiger partial charge in [0.1, 0.15) is 18.2 Å². The second-order valence-corrected chi connectivity index (χ2v) is 6.68. The molecule has 6 nitrogen and oxygen atoms in total. The Bertz CT molecular complexity index is 548. The second kappa shape index (κ2) is 12.5. The molecule has 2 rings (SSSR count). The molecule has 0 radical (unpaired) electrons. The van der Waals surface area contributed by atoms with E-state index in [0.29, 0.717) is 24.8 Å². The lowest BCUT2D eigenvalue weighted by Gasteiger charge is -2.23. The average molecular weight is 381 g/mol. The summed E-state index contributed by atoms with van der Waals surface area (Å²) in [7, 11) is 3.73. The molecule has 7 heteroatoms. The summed E-state index contributed by atoms with van der Waals surface area (Å²) in [5.41, 5.74) is 0. The van der Waals surface area contributed by atoms with Crippen molar-refractivity contribution in [2.45, 2.75) is 19.3 Å². The topological polar surface area (TPSA) is 55.3 Å². The molecule has 0 saturated carbocycles. The lowest BCUT2D eigenvalue weighted by Crippen LogP contribution is -2.41. The van der Waals surface area contributed by atoms with Gasteiger partial charge in [0.05, 0.1) is 6.54 Å². The standard InChI is InChI=1S/C20H32FN3O3/c1-22-20(23-10-3-12-26-16-17-8-13-25-14-9-17)24(2)11-15-27-19-6-4-18(21)5-7-19/h4-7,17H,3,8-16H2,1-2H3,(H,22,23). The lowest BCUT2D eigenvalue weighted by atomic mass is 10.0. The molecule has 1 aliphatic rings. The van der Waals surface area contributed by atoms with E-state index in [1.165, 1.54) is 12.1 Å². The maximum atomic E-state index is 12.9. The number of rotatable bonds is 10. The fraction of sp³-hybridized carbons (Fsp3) is 0.650. The highest BCUT2D eigenvalue weighted by atomic mass is 19.1. The summed E-state index contributed by atoms with van der Waals surface area (Å²) in [5, 5.41) is 3.33. The van der Waals surface area contributed by atoms with E-state index in [4.69, 9.17) is 14.2 Å². The molecule has 1 aliphatic heterocycles. The number of hydrogen-bond donors (Lipinski definition) is 1. The van der Waals surface area contributed by atoms with Gasteiger partial charge >= 0.3 is 0 Å². The van der Waals surface area contributed by atoms with Gasteiger partial charge in [-0.25, -0.2) is 4.39 Å². The summed E-state index contributed by atoms with van der Waals surface area (Å²) in [4.78, 5) is 6.29. The minimum atomic E-state index is -0.263. The summed E-state index contributed by atoms with van der Waals surface area (Å²) in [6.45, 7) is 5.29. The van der Waals surface area contributed by atoms with Crippen LogP contribution in [0.25, 0.3) is 0 Å². The Morgan fingerprint density at radius 1 is 1.26 bits per heavy atom. The van der Waals surface area contributed by atoms with Crippen LogP contribution in [0.3, 0.4) is 0 Å². The van der Waals surface area contributed by atoms with E-state index in [1.54, 1.807) is 19.2 Å². The summed E-state index contributed by atoms with van der Waals surface area (Å²) >= 11 is 0. The summed E-state index contributed by atoms with van der Waals surface area (Å²) in [5.74, 6) is 1.86. The molecule has 1 N–H and O–H groups in total. The molecule has 27 heavy (non-hydrogen) atoms. The molecule has 1 aromatic carbocycles.